The Bertz CT molecular complexity index is 1930. The number of anilines is 1. The molecule has 0 atom stereocenters. The Morgan fingerprint density at radius 1 is 0.842 bits per heavy atom. The average Bonchev–Trinajstić information content (AvgIpc) is 4.00. The van der Waals surface area contributed by atoms with Crippen LogP contribution in [0.25, 0.3) is 22.6 Å². The molecule has 5 aromatic rings. The van der Waals surface area contributed by atoms with Crippen LogP contribution in [0.2, 0.25) is 0 Å². The van der Waals surface area contributed by atoms with E-state index >= 15 is 0 Å². The van der Waals surface area contributed by atoms with Crippen LogP contribution in [0.3, 0.4) is 0 Å². The van der Waals surface area contributed by atoms with Gasteiger partial charge >= 0.3 is 150 Å². The second kappa shape index (κ2) is 30.3. The van der Waals surface area contributed by atoms with E-state index < -0.39 is 6.45 Å². The largest absolute Gasteiger partial charge is 1.00 e. The number of benzene rings is 2. The van der Waals surface area contributed by atoms with Gasteiger partial charge in [-0.05, 0) is 49.4 Å². The predicted octanol–water partition coefficient (Wildman–Crippen LogP) is 1.06. The second-order valence-electron chi connectivity index (χ2n) is 12.0. The molecule has 3 aliphatic heterocycles. The van der Waals surface area contributed by atoms with Gasteiger partial charge in [0.1, 0.15) is 18.0 Å². The Hall–Kier alpha value is -1.73. The molecule has 2 saturated heterocycles. The maximum absolute atomic E-state index is 10.6. The molecule has 3 aliphatic rings. The van der Waals surface area contributed by atoms with Gasteiger partial charge < -0.3 is 33.3 Å². The topological polar surface area (TPSA) is 135 Å². The van der Waals surface area contributed by atoms with E-state index in [1.807, 2.05) is 83.8 Å². The predicted molar refractivity (Wildman–Crippen MR) is 207 cm³/mol. The summed E-state index contributed by atoms with van der Waals surface area (Å²) >= 11 is 0. The van der Waals surface area contributed by atoms with E-state index in [2.05, 4.69) is 63.9 Å². The number of halogens is 1. The zero-order chi connectivity index (χ0) is 39.0. The summed E-state index contributed by atoms with van der Waals surface area (Å²) in [4.78, 5) is 40.3. The number of carbonyl (C=O) groups excluding carboxylic acids is 1. The maximum Gasteiger partial charge on any atom is 1.00 e. The minimum atomic E-state index is -1.44. The summed E-state index contributed by atoms with van der Waals surface area (Å²) in [6.07, 6.45) is 13.5. The van der Waals surface area contributed by atoms with Crippen molar-refractivity contribution in [3.8, 4) is 23.1 Å². The van der Waals surface area contributed by atoms with E-state index in [-0.39, 0.29) is 145 Å². The number of ether oxygens (including phenoxy) is 3. The normalized spacial score (nSPS) is 14.2. The van der Waals surface area contributed by atoms with Crippen molar-refractivity contribution in [1.29, 1.82) is 0 Å². The Labute approximate surface area is 452 Å². The fourth-order valence-electron chi connectivity index (χ4n) is 5.47. The summed E-state index contributed by atoms with van der Waals surface area (Å²) in [5.41, 5.74) is 5.50. The van der Waals surface area contributed by atoms with Gasteiger partial charge in [-0.25, -0.2) is 4.98 Å². The molecule has 0 unspecified atom stereocenters. The first-order chi connectivity index (χ1) is 27.6. The van der Waals surface area contributed by atoms with Crippen LogP contribution in [0.1, 0.15) is 38.3 Å². The van der Waals surface area contributed by atoms with Crippen LogP contribution in [-0.2, 0) is 30.5 Å². The van der Waals surface area contributed by atoms with Gasteiger partial charge in [0.2, 0.25) is 0 Å². The molecule has 0 saturated carbocycles. The first kappa shape index (κ1) is 47.9. The van der Waals surface area contributed by atoms with Gasteiger partial charge in [0.15, 0.2) is 1.37 Å². The molecule has 8 rings (SSSR count). The van der Waals surface area contributed by atoms with Gasteiger partial charge in [0.05, 0.1) is 25.5 Å². The molecule has 3 aromatic heterocycles. The maximum atomic E-state index is 10.6. The number of morpholine rings is 1. The third-order valence-electron chi connectivity index (χ3n) is 8.23. The van der Waals surface area contributed by atoms with Crippen molar-refractivity contribution in [2.75, 3.05) is 51.0 Å². The number of aliphatic imine (C=N–C) groups is 1. The van der Waals surface area contributed by atoms with Crippen LogP contribution >= 0.6 is 0 Å². The quantitative estimate of drug-likeness (QED) is 0.0862. The number of nitrogens with zero attached hydrogens (tertiary/aromatic N) is 7. The average molecular weight is 1020 g/mol. The summed E-state index contributed by atoms with van der Waals surface area (Å²) in [6, 6.07) is 28.6. The van der Waals surface area contributed by atoms with E-state index in [1.165, 1.54) is 30.4 Å². The molecule has 288 valence electrons. The summed E-state index contributed by atoms with van der Waals surface area (Å²) in [5.74, 6) is 1.53. The van der Waals surface area contributed by atoms with Crippen LogP contribution in [-0.4, -0.2) is 83.3 Å². The van der Waals surface area contributed by atoms with Crippen LogP contribution in [0.4, 0.5) is 10.2 Å². The molecule has 0 aliphatic carbocycles. The third-order valence-corrected chi connectivity index (χ3v) is 8.23. The van der Waals surface area contributed by atoms with Gasteiger partial charge in [-0.2, -0.15) is 9.97 Å². The number of hydrogen-bond donors (Lipinski definition) is 0. The fourth-order valence-corrected chi connectivity index (χ4v) is 5.47. The minimum Gasteiger partial charge on any atom is -0.463 e. The number of hydrogen-bond acceptors (Lipinski definition) is 12. The summed E-state index contributed by atoms with van der Waals surface area (Å²) in [6.45, 7) is 5.03. The van der Waals surface area contributed by atoms with E-state index in [0.717, 1.165) is 55.5 Å². The molecule has 0 spiro atoms. The molecule has 2 fully saturated rings. The van der Waals surface area contributed by atoms with Gasteiger partial charge in [-0.1, -0.05) is 66.7 Å². The van der Waals surface area contributed by atoms with Crippen LogP contribution in [0.15, 0.2) is 115 Å². The van der Waals surface area contributed by atoms with Crippen LogP contribution < -0.4 is 147 Å². The van der Waals surface area contributed by atoms with Crippen molar-refractivity contribution < 1.29 is 172 Å². The molecular weight excluding hydrogens is 971 g/mol. The standard InChI is InChI=1S/C24H24N6O2.C10H9N.C5H10O.C2H2FO3.2Cs/c1-2-6-19(7-3-1)21-17-30(18-26-21)23-16-22(29-11-14-31-15-12-29)27-24(28-23)32-13-9-20-8-4-5-10-25-20;1-2-4-9(5-3-1)10-6-7-11-8-10;1-2-4-6-5-3-1;3-1-5-6-2-4;;/h1-8,10,16-18H,9,11-15H2;1-5,7-8H,6H2;1-5H2;1-2H;;/q;;;-1;2*+1/i;;;2D;;. The van der Waals surface area contributed by atoms with E-state index in [1.54, 1.807) is 12.5 Å². The van der Waals surface area contributed by atoms with Crippen molar-refractivity contribution in [1.82, 2.24) is 24.5 Å². The molecule has 16 heteroatoms. The first-order valence-electron chi connectivity index (χ1n) is 18.5. The Morgan fingerprint density at radius 3 is 2.11 bits per heavy atom. The number of aromatic nitrogens is 5. The van der Waals surface area contributed by atoms with Crippen LogP contribution in [0, 0.1) is 6.86 Å². The van der Waals surface area contributed by atoms with E-state index in [4.69, 9.17) is 15.6 Å². The van der Waals surface area contributed by atoms with Gasteiger partial charge in [0.25, 0.3) is 0 Å². The van der Waals surface area contributed by atoms with E-state index in [9.17, 15) is 9.18 Å². The first-order valence-corrected chi connectivity index (χ1v) is 18.0. The summed E-state index contributed by atoms with van der Waals surface area (Å²) in [7, 11) is 0. The Kier molecular flexibility index (Phi) is 25.5. The molecular formula is C41H45Cs2FN7O6+. The molecule has 0 amide bonds. The molecule has 0 bridgehead atoms. The molecule has 0 radical (unpaired) electrons. The van der Waals surface area contributed by atoms with Crippen molar-refractivity contribution in [2.45, 2.75) is 32.1 Å². The van der Waals surface area contributed by atoms with Gasteiger partial charge in [-0.3, -0.25) is 19.3 Å². The number of allylic oxidation sites excluding steroid dienone is 1. The molecule has 0 N–H and O–H groups in total. The van der Waals surface area contributed by atoms with Gasteiger partial charge in [-0.15, -0.1) is 0 Å². The minimum absolute atomic E-state index is 0. The summed E-state index contributed by atoms with van der Waals surface area (Å²) in [5, 5.41) is 0. The van der Waals surface area contributed by atoms with Crippen molar-refractivity contribution in [3.63, 3.8) is 0 Å². The number of carbonyl (C=O) groups is 1. The zero-order valence-electron chi connectivity index (χ0n) is 33.5. The molecule has 13 nitrogen and oxygen atoms in total. The number of rotatable bonds is 10. The van der Waals surface area contributed by atoms with E-state index in [0.29, 0.717) is 38.1 Å². The fraction of sp³-hybridized carbons (Fsp3) is 0.293. The van der Waals surface area contributed by atoms with Crippen LogP contribution in [0.5, 0.6) is 6.01 Å². The summed E-state index contributed by atoms with van der Waals surface area (Å²) < 4.78 is 35.0. The molecule has 6 heterocycles. The molecule has 57 heavy (non-hydrogen) atoms. The molecule has 2 aromatic carbocycles. The zero-order valence-corrected chi connectivity index (χ0v) is 45.1. The SMILES string of the molecule is C1=NC=C(c2ccccc2)C1.C1CCOCC1.[2H]C(=O)OO[CH-]F.[Cs+].[Cs+].c1ccc(-c2cn(-c3cc(N4CCOCC4)nc(OCCc4ccccn4)n3)cn2)cc1. The number of imidazole rings is 1. The van der Waals surface area contributed by atoms with Crippen molar-refractivity contribution >= 4 is 24.1 Å². The third kappa shape index (κ3) is 18.6. The monoisotopic (exact) mass is 1020 g/mol. The Morgan fingerprint density at radius 2 is 1.53 bits per heavy atom. The van der Waals surface area contributed by atoms with Crippen molar-refractivity contribution in [3.05, 3.63) is 128 Å². The smallest absolute Gasteiger partial charge is 0.463 e. The second-order valence-corrected chi connectivity index (χ2v) is 12.0. The van der Waals surface area contributed by atoms with Crippen molar-refractivity contribution in [2.24, 2.45) is 4.99 Å². The number of pyridine rings is 1. The van der Waals surface area contributed by atoms with Gasteiger partial charge in [0, 0.05) is 81.3 Å². The Balaban J connectivity index is 0.000000281.